The van der Waals surface area contributed by atoms with Gasteiger partial charge >= 0.3 is 0 Å². The number of nitrogens with zero attached hydrogens (tertiary/aromatic N) is 2. The van der Waals surface area contributed by atoms with Crippen molar-refractivity contribution in [1.82, 2.24) is 9.80 Å². The first-order valence-corrected chi connectivity index (χ1v) is 8.85. The fourth-order valence-electron chi connectivity index (χ4n) is 3.89. The molecule has 1 aromatic rings. The van der Waals surface area contributed by atoms with Gasteiger partial charge in [-0.25, -0.2) is 0 Å². The number of methoxy groups -OCH3 is 1. The van der Waals surface area contributed by atoms with Crippen molar-refractivity contribution in [3.05, 3.63) is 29.8 Å². The molecule has 1 aromatic carbocycles. The van der Waals surface area contributed by atoms with E-state index in [9.17, 15) is 14.4 Å². The summed E-state index contributed by atoms with van der Waals surface area (Å²) in [5.74, 6) is -0.195. The Hall–Kier alpha value is -2.41. The van der Waals surface area contributed by atoms with Crippen LogP contribution in [0.5, 0.6) is 0 Å². The monoisotopic (exact) mass is 359 g/mol. The summed E-state index contributed by atoms with van der Waals surface area (Å²) in [7, 11) is 3.29. The number of rotatable bonds is 4. The first-order chi connectivity index (χ1) is 12.4. The van der Waals surface area contributed by atoms with Gasteiger partial charge in [0.25, 0.3) is 5.91 Å². The van der Waals surface area contributed by atoms with Gasteiger partial charge in [-0.15, -0.1) is 0 Å². The maximum absolute atomic E-state index is 13.0. The molecule has 2 aliphatic heterocycles. The molecule has 26 heavy (non-hydrogen) atoms. The summed E-state index contributed by atoms with van der Waals surface area (Å²) in [6.07, 6.45) is 2.23. The average molecular weight is 359 g/mol. The van der Waals surface area contributed by atoms with E-state index in [0.29, 0.717) is 30.8 Å². The summed E-state index contributed by atoms with van der Waals surface area (Å²) < 4.78 is 4.82. The van der Waals surface area contributed by atoms with Crippen molar-refractivity contribution in [2.45, 2.75) is 19.3 Å². The van der Waals surface area contributed by atoms with Crippen LogP contribution in [0.3, 0.4) is 0 Å². The minimum Gasteiger partial charge on any atom is -0.375 e. The number of likely N-dealkylation sites (tertiary alicyclic amines) is 2. The Morgan fingerprint density at radius 1 is 1.23 bits per heavy atom. The van der Waals surface area contributed by atoms with Crippen molar-refractivity contribution in [2.24, 2.45) is 5.41 Å². The van der Waals surface area contributed by atoms with Crippen molar-refractivity contribution in [3.63, 3.8) is 0 Å². The highest BCUT2D eigenvalue weighted by molar-refractivity contribution is 6.04. The fourth-order valence-corrected chi connectivity index (χ4v) is 3.89. The Bertz CT molecular complexity index is 710. The standard InChI is InChI=1S/C19H25N3O4/c1-21-13-19(11-17(21)24)7-9-22(10-8-19)18(25)14-5-3-4-6-15(14)20-16(23)12-26-2/h3-6H,7-13H2,1-2H3,(H,20,23). The molecule has 140 valence electrons. The van der Waals surface area contributed by atoms with Gasteiger partial charge in [-0.3, -0.25) is 14.4 Å². The minimum atomic E-state index is -0.294. The SMILES string of the molecule is COCC(=O)Nc1ccccc1C(=O)N1CCC2(CC1)CC(=O)N(C)C2. The summed E-state index contributed by atoms with van der Waals surface area (Å²) >= 11 is 0. The predicted molar refractivity (Wildman–Crippen MR) is 96.8 cm³/mol. The van der Waals surface area contributed by atoms with E-state index in [2.05, 4.69) is 5.32 Å². The van der Waals surface area contributed by atoms with Gasteiger partial charge in [-0.2, -0.15) is 0 Å². The van der Waals surface area contributed by atoms with Crippen LogP contribution < -0.4 is 5.32 Å². The molecule has 2 fully saturated rings. The summed E-state index contributed by atoms with van der Waals surface area (Å²) in [6.45, 7) is 1.97. The Morgan fingerprint density at radius 3 is 2.54 bits per heavy atom. The molecule has 7 heteroatoms. The molecule has 2 saturated heterocycles. The first kappa shape index (κ1) is 18.4. The van der Waals surface area contributed by atoms with E-state index in [1.807, 2.05) is 11.9 Å². The quantitative estimate of drug-likeness (QED) is 0.880. The van der Waals surface area contributed by atoms with Crippen LogP contribution in [0.1, 0.15) is 29.6 Å². The lowest BCUT2D eigenvalue weighted by Crippen LogP contribution is -2.44. The zero-order chi connectivity index (χ0) is 18.7. The van der Waals surface area contributed by atoms with Crippen LogP contribution in [0.15, 0.2) is 24.3 Å². The molecule has 0 bridgehead atoms. The van der Waals surface area contributed by atoms with E-state index in [4.69, 9.17) is 4.74 Å². The van der Waals surface area contributed by atoms with Gasteiger partial charge in [0.2, 0.25) is 11.8 Å². The lowest BCUT2D eigenvalue weighted by molar-refractivity contribution is -0.126. The van der Waals surface area contributed by atoms with Gasteiger partial charge in [0.05, 0.1) is 11.3 Å². The van der Waals surface area contributed by atoms with Gasteiger partial charge in [-0.1, -0.05) is 12.1 Å². The zero-order valence-corrected chi connectivity index (χ0v) is 15.3. The molecular weight excluding hydrogens is 334 g/mol. The van der Waals surface area contributed by atoms with Crippen LogP contribution in [0, 0.1) is 5.41 Å². The lowest BCUT2D eigenvalue weighted by Gasteiger charge is -2.38. The Kier molecular flexibility index (Phi) is 5.27. The van der Waals surface area contributed by atoms with Gasteiger partial charge in [-0.05, 0) is 25.0 Å². The Morgan fingerprint density at radius 2 is 1.92 bits per heavy atom. The second-order valence-electron chi connectivity index (χ2n) is 7.25. The number of ether oxygens (including phenoxy) is 1. The Labute approximate surface area is 153 Å². The van der Waals surface area contributed by atoms with Crippen molar-refractivity contribution < 1.29 is 19.1 Å². The molecule has 0 radical (unpaired) electrons. The number of piperidine rings is 1. The third-order valence-corrected chi connectivity index (χ3v) is 5.34. The number of carbonyl (C=O) groups is 3. The maximum atomic E-state index is 13.0. The molecule has 3 rings (SSSR count). The zero-order valence-electron chi connectivity index (χ0n) is 15.3. The number of amides is 3. The molecule has 2 heterocycles. The number of benzene rings is 1. The highest BCUT2D eigenvalue weighted by Gasteiger charge is 2.44. The molecule has 2 aliphatic rings. The normalized spacial score (nSPS) is 19.1. The van der Waals surface area contributed by atoms with Crippen molar-refractivity contribution in [3.8, 4) is 0 Å². The van der Waals surface area contributed by atoms with Crippen LogP contribution in [0.2, 0.25) is 0 Å². The van der Waals surface area contributed by atoms with Gasteiger partial charge in [0, 0.05) is 45.6 Å². The molecule has 1 N–H and O–H groups in total. The molecule has 7 nitrogen and oxygen atoms in total. The maximum Gasteiger partial charge on any atom is 0.255 e. The van der Waals surface area contributed by atoms with Crippen LogP contribution in [0.4, 0.5) is 5.69 Å². The van der Waals surface area contributed by atoms with Crippen LogP contribution >= 0.6 is 0 Å². The molecule has 1 spiro atoms. The third kappa shape index (κ3) is 3.72. The van der Waals surface area contributed by atoms with Crippen LogP contribution in [-0.4, -0.2) is 67.9 Å². The Balaban J connectivity index is 1.68. The number of anilines is 1. The number of para-hydroxylation sites is 1. The minimum absolute atomic E-state index is 0.00874. The van der Waals surface area contributed by atoms with Gasteiger partial charge in [0.1, 0.15) is 6.61 Å². The van der Waals surface area contributed by atoms with Crippen molar-refractivity contribution in [2.75, 3.05) is 45.7 Å². The molecule has 0 atom stereocenters. The van der Waals surface area contributed by atoms with Gasteiger partial charge in [0.15, 0.2) is 0 Å². The third-order valence-electron chi connectivity index (χ3n) is 5.34. The van der Waals surface area contributed by atoms with E-state index in [1.54, 1.807) is 29.2 Å². The van der Waals surface area contributed by atoms with E-state index in [0.717, 1.165) is 19.4 Å². The van der Waals surface area contributed by atoms with E-state index < -0.39 is 0 Å². The predicted octanol–water partition coefficient (Wildman–Crippen LogP) is 1.36. The highest BCUT2D eigenvalue weighted by Crippen LogP contribution is 2.40. The van der Waals surface area contributed by atoms with Crippen molar-refractivity contribution >= 4 is 23.4 Å². The number of nitrogens with one attached hydrogen (secondary N) is 1. The van der Waals surface area contributed by atoms with E-state index in [1.165, 1.54) is 7.11 Å². The second kappa shape index (κ2) is 7.45. The highest BCUT2D eigenvalue weighted by atomic mass is 16.5. The molecular formula is C19H25N3O4. The summed E-state index contributed by atoms with van der Waals surface area (Å²) in [6, 6.07) is 7.01. The summed E-state index contributed by atoms with van der Waals surface area (Å²) in [5.41, 5.74) is 0.984. The molecule has 3 amide bonds. The second-order valence-corrected chi connectivity index (χ2v) is 7.25. The molecule has 0 unspecified atom stereocenters. The average Bonchev–Trinajstić information content (AvgIpc) is 2.89. The number of carbonyl (C=O) groups excluding carboxylic acids is 3. The topological polar surface area (TPSA) is 79.0 Å². The van der Waals surface area contributed by atoms with Gasteiger partial charge < -0.3 is 19.9 Å². The number of hydrogen-bond donors (Lipinski definition) is 1. The first-order valence-electron chi connectivity index (χ1n) is 8.85. The van der Waals surface area contributed by atoms with Crippen LogP contribution in [-0.2, 0) is 14.3 Å². The van der Waals surface area contributed by atoms with E-state index >= 15 is 0 Å². The smallest absolute Gasteiger partial charge is 0.255 e. The summed E-state index contributed by atoms with van der Waals surface area (Å²) in [4.78, 5) is 40.2. The molecule has 0 aromatic heterocycles. The summed E-state index contributed by atoms with van der Waals surface area (Å²) in [5, 5.41) is 2.73. The number of hydrogen-bond acceptors (Lipinski definition) is 4. The van der Waals surface area contributed by atoms with E-state index in [-0.39, 0.29) is 29.7 Å². The van der Waals surface area contributed by atoms with Crippen LogP contribution in [0.25, 0.3) is 0 Å². The largest absolute Gasteiger partial charge is 0.375 e. The molecule has 0 saturated carbocycles. The molecule has 0 aliphatic carbocycles. The lowest BCUT2D eigenvalue weighted by atomic mass is 9.77. The fraction of sp³-hybridized carbons (Fsp3) is 0.526. The van der Waals surface area contributed by atoms with Crippen molar-refractivity contribution in [1.29, 1.82) is 0 Å².